The third-order valence-corrected chi connectivity index (χ3v) is 4.05. The summed E-state index contributed by atoms with van der Waals surface area (Å²) in [5.41, 5.74) is 0. The van der Waals surface area contributed by atoms with E-state index in [1.54, 1.807) is 6.92 Å². The highest BCUT2D eigenvalue weighted by Crippen LogP contribution is 2.11. The van der Waals surface area contributed by atoms with E-state index in [1.165, 1.54) is 19.5 Å². The molecule has 2 aliphatic rings. The molecule has 5 nitrogen and oxygen atoms in total. The first-order chi connectivity index (χ1) is 9.24. The highest BCUT2D eigenvalue weighted by Gasteiger charge is 2.19. The van der Waals surface area contributed by atoms with Crippen molar-refractivity contribution in [1.82, 2.24) is 15.1 Å². The summed E-state index contributed by atoms with van der Waals surface area (Å²) in [5.74, 6) is 0.103. The maximum Gasteiger partial charge on any atom is 0.217 e. The zero-order valence-electron chi connectivity index (χ0n) is 12.9. The third-order valence-electron chi connectivity index (χ3n) is 4.05. The largest absolute Gasteiger partial charge is 0.379 e. The molecular formula is C14H29Cl2N3O2. The summed E-state index contributed by atoms with van der Waals surface area (Å²) in [6.07, 6.45) is 3.43. The molecule has 0 aromatic carbocycles. The number of hydrogen-bond donors (Lipinski definition) is 1. The lowest BCUT2D eigenvalue weighted by atomic mass is 10.0. The highest BCUT2D eigenvalue weighted by atomic mass is 35.5. The van der Waals surface area contributed by atoms with Crippen LogP contribution in [0.1, 0.15) is 26.2 Å². The fraction of sp³-hybridized carbons (Fsp3) is 0.929. The quantitative estimate of drug-likeness (QED) is 0.814. The fourth-order valence-corrected chi connectivity index (χ4v) is 2.93. The van der Waals surface area contributed by atoms with E-state index in [1.807, 2.05) is 0 Å². The Bertz CT molecular complexity index is 281. The predicted octanol–water partition coefficient (Wildman–Crippen LogP) is 1.15. The van der Waals surface area contributed by atoms with Crippen LogP contribution in [0.2, 0.25) is 0 Å². The number of ether oxygens (including phenoxy) is 1. The van der Waals surface area contributed by atoms with Crippen LogP contribution in [-0.4, -0.2) is 74.2 Å². The van der Waals surface area contributed by atoms with Crippen LogP contribution in [0.5, 0.6) is 0 Å². The van der Waals surface area contributed by atoms with Gasteiger partial charge in [0.05, 0.1) is 13.2 Å². The molecule has 0 aliphatic carbocycles. The summed E-state index contributed by atoms with van der Waals surface area (Å²) < 4.78 is 5.35. The van der Waals surface area contributed by atoms with Gasteiger partial charge < -0.3 is 15.0 Å². The number of piperidine rings is 1. The van der Waals surface area contributed by atoms with Gasteiger partial charge in [0, 0.05) is 39.1 Å². The van der Waals surface area contributed by atoms with Crippen molar-refractivity contribution in [2.24, 2.45) is 0 Å². The number of nitrogens with zero attached hydrogens (tertiary/aromatic N) is 2. The normalized spacial score (nSPS) is 21.2. The lowest BCUT2D eigenvalue weighted by Crippen LogP contribution is -2.45. The van der Waals surface area contributed by atoms with E-state index in [-0.39, 0.29) is 30.7 Å². The number of rotatable bonds is 5. The first kappa shape index (κ1) is 20.9. The van der Waals surface area contributed by atoms with Gasteiger partial charge in [-0.3, -0.25) is 9.69 Å². The van der Waals surface area contributed by atoms with Crippen molar-refractivity contribution in [3.05, 3.63) is 0 Å². The first-order valence-corrected chi connectivity index (χ1v) is 7.53. The third kappa shape index (κ3) is 8.21. The number of amides is 1. The topological polar surface area (TPSA) is 44.8 Å². The van der Waals surface area contributed by atoms with E-state index in [9.17, 15) is 4.79 Å². The second kappa shape index (κ2) is 11.5. The van der Waals surface area contributed by atoms with Gasteiger partial charge in [-0.1, -0.05) is 0 Å². The Hall–Kier alpha value is -0.0700. The minimum absolute atomic E-state index is 0. The van der Waals surface area contributed by atoms with Gasteiger partial charge in [0.25, 0.3) is 0 Å². The van der Waals surface area contributed by atoms with Crippen molar-refractivity contribution < 1.29 is 9.53 Å². The Kier molecular flexibility index (Phi) is 11.5. The van der Waals surface area contributed by atoms with Gasteiger partial charge in [0.15, 0.2) is 0 Å². The molecule has 0 spiro atoms. The lowest BCUT2D eigenvalue weighted by molar-refractivity contribution is -0.119. The summed E-state index contributed by atoms with van der Waals surface area (Å²) in [6.45, 7) is 10.2. The molecule has 2 rings (SSSR count). The molecule has 7 heteroatoms. The van der Waals surface area contributed by atoms with E-state index in [2.05, 4.69) is 15.1 Å². The van der Waals surface area contributed by atoms with Crippen molar-refractivity contribution in [3.8, 4) is 0 Å². The van der Waals surface area contributed by atoms with Crippen LogP contribution in [0.4, 0.5) is 0 Å². The number of morpholine rings is 1. The average Bonchev–Trinajstić information content (AvgIpc) is 2.41. The minimum Gasteiger partial charge on any atom is -0.379 e. The molecule has 2 fully saturated rings. The SMILES string of the molecule is CC(=O)NC1CCN(CCCN2CCOCC2)CC1.Cl.Cl. The number of carbonyl (C=O) groups is 1. The molecular weight excluding hydrogens is 313 g/mol. The summed E-state index contributed by atoms with van der Waals surface area (Å²) in [4.78, 5) is 16.0. The maximum absolute atomic E-state index is 11.0. The second-order valence-corrected chi connectivity index (χ2v) is 5.62. The molecule has 0 bridgehead atoms. The van der Waals surface area contributed by atoms with Gasteiger partial charge in [0.1, 0.15) is 0 Å². The molecule has 126 valence electrons. The molecule has 0 saturated carbocycles. The molecule has 0 aromatic rings. The van der Waals surface area contributed by atoms with Crippen molar-refractivity contribution in [3.63, 3.8) is 0 Å². The van der Waals surface area contributed by atoms with Crippen LogP contribution < -0.4 is 5.32 Å². The number of carbonyl (C=O) groups excluding carboxylic acids is 1. The van der Waals surface area contributed by atoms with Crippen LogP contribution in [0, 0.1) is 0 Å². The van der Waals surface area contributed by atoms with Crippen LogP contribution in [0.3, 0.4) is 0 Å². The minimum atomic E-state index is 0. The Balaban J connectivity index is 0.00000200. The summed E-state index contributed by atoms with van der Waals surface area (Å²) >= 11 is 0. The van der Waals surface area contributed by atoms with Gasteiger partial charge in [0.2, 0.25) is 5.91 Å². The molecule has 0 atom stereocenters. The van der Waals surface area contributed by atoms with Crippen molar-refractivity contribution in [2.45, 2.75) is 32.2 Å². The van der Waals surface area contributed by atoms with Crippen LogP contribution in [-0.2, 0) is 9.53 Å². The molecule has 1 N–H and O–H groups in total. The van der Waals surface area contributed by atoms with E-state index in [0.717, 1.165) is 52.2 Å². The van der Waals surface area contributed by atoms with Gasteiger partial charge in [-0.25, -0.2) is 0 Å². The van der Waals surface area contributed by atoms with Crippen LogP contribution in [0.25, 0.3) is 0 Å². The van der Waals surface area contributed by atoms with E-state index in [4.69, 9.17) is 4.74 Å². The molecule has 2 heterocycles. The zero-order valence-corrected chi connectivity index (χ0v) is 14.5. The number of likely N-dealkylation sites (tertiary alicyclic amines) is 1. The molecule has 21 heavy (non-hydrogen) atoms. The number of hydrogen-bond acceptors (Lipinski definition) is 4. The monoisotopic (exact) mass is 341 g/mol. The second-order valence-electron chi connectivity index (χ2n) is 5.62. The van der Waals surface area contributed by atoms with Gasteiger partial charge in [-0.2, -0.15) is 0 Å². The Morgan fingerprint density at radius 3 is 2.10 bits per heavy atom. The molecule has 0 radical (unpaired) electrons. The molecule has 2 aliphatic heterocycles. The van der Waals surface area contributed by atoms with Crippen LogP contribution >= 0.6 is 24.8 Å². The van der Waals surface area contributed by atoms with E-state index >= 15 is 0 Å². The maximum atomic E-state index is 11.0. The molecule has 1 amide bonds. The molecule has 2 saturated heterocycles. The Labute approximate surface area is 140 Å². The molecule has 0 unspecified atom stereocenters. The Morgan fingerprint density at radius 1 is 1.05 bits per heavy atom. The zero-order chi connectivity index (χ0) is 13.5. The highest BCUT2D eigenvalue weighted by molar-refractivity contribution is 5.85. The number of nitrogens with one attached hydrogen (secondary N) is 1. The smallest absolute Gasteiger partial charge is 0.217 e. The van der Waals surface area contributed by atoms with Crippen LogP contribution in [0.15, 0.2) is 0 Å². The molecule has 0 aromatic heterocycles. The lowest BCUT2D eigenvalue weighted by Gasteiger charge is -2.33. The predicted molar refractivity (Wildman–Crippen MR) is 89.7 cm³/mol. The first-order valence-electron chi connectivity index (χ1n) is 7.53. The van der Waals surface area contributed by atoms with Crippen molar-refractivity contribution >= 4 is 30.7 Å². The summed E-state index contributed by atoms with van der Waals surface area (Å²) in [5, 5.41) is 3.02. The van der Waals surface area contributed by atoms with E-state index in [0.29, 0.717) is 6.04 Å². The fourth-order valence-electron chi connectivity index (χ4n) is 2.93. The summed E-state index contributed by atoms with van der Waals surface area (Å²) in [6, 6.07) is 0.396. The standard InChI is InChI=1S/C14H27N3O2.2ClH/c1-13(18)15-14-3-7-16(8-4-14)5-2-6-17-9-11-19-12-10-17;;/h14H,2-12H2,1H3,(H,15,18);2*1H. The van der Waals surface area contributed by atoms with Gasteiger partial charge in [-0.15, -0.1) is 24.8 Å². The van der Waals surface area contributed by atoms with E-state index < -0.39 is 0 Å². The Morgan fingerprint density at radius 2 is 1.57 bits per heavy atom. The average molecular weight is 342 g/mol. The van der Waals surface area contributed by atoms with Crippen molar-refractivity contribution in [1.29, 1.82) is 0 Å². The van der Waals surface area contributed by atoms with Gasteiger partial charge in [-0.05, 0) is 32.4 Å². The summed E-state index contributed by atoms with van der Waals surface area (Å²) in [7, 11) is 0. The van der Waals surface area contributed by atoms with Crippen molar-refractivity contribution in [2.75, 3.05) is 52.5 Å². The number of halogens is 2. The van der Waals surface area contributed by atoms with Gasteiger partial charge >= 0.3 is 0 Å².